The Morgan fingerprint density at radius 2 is 2.32 bits per heavy atom. The van der Waals surface area contributed by atoms with E-state index in [4.69, 9.17) is 5.11 Å². The molecule has 2 rings (SSSR count). The van der Waals surface area contributed by atoms with Gasteiger partial charge in [-0.05, 0) is 6.42 Å². The first-order chi connectivity index (χ1) is 9.20. The van der Waals surface area contributed by atoms with Crippen molar-refractivity contribution in [3.63, 3.8) is 0 Å². The summed E-state index contributed by atoms with van der Waals surface area (Å²) >= 11 is 0. The van der Waals surface area contributed by atoms with E-state index in [9.17, 15) is 9.90 Å². The number of aromatic amines is 1. The molecule has 1 aliphatic rings. The van der Waals surface area contributed by atoms with E-state index in [1.807, 2.05) is 0 Å². The summed E-state index contributed by atoms with van der Waals surface area (Å²) < 4.78 is 0. The maximum absolute atomic E-state index is 12.1. The zero-order valence-corrected chi connectivity index (χ0v) is 10.7. The van der Waals surface area contributed by atoms with E-state index < -0.39 is 6.10 Å². The van der Waals surface area contributed by atoms with Gasteiger partial charge in [-0.3, -0.25) is 14.8 Å². The van der Waals surface area contributed by atoms with Crippen LogP contribution in [0.1, 0.15) is 17.0 Å². The van der Waals surface area contributed by atoms with Gasteiger partial charge in [-0.15, -0.1) is 0 Å². The molecule has 8 nitrogen and oxygen atoms in total. The monoisotopic (exact) mass is 269 g/mol. The summed E-state index contributed by atoms with van der Waals surface area (Å²) in [6.07, 6.45) is 1.37. The Morgan fingerprint density at radius 1 is 1.47 bits per heavy atom. The molecule has 3 N–H and O–H groups in total. The van der Waals surface area contributed by atoms with Crippen LogP contribution in [0.2, 0.25) is 0 Å². The summed E-state index contributed by atoms with van der Waals surface area (Å²) in [6, 6.07) is 0. The maximum atomic E-state index is 12.1. The summed E-state index contributed by atoms with van der Waals surface area (Å²) in [5.74, 6) is -0.0587. The Hall–Kier alpha value is -1.51. The Balaban J connectivity index is 1.95. The van der Waals surface area contributed by atoms with Crippen molar-refractivity contribution < 1.29 is 15.0 Å². The largest absolute Gasteiger partial charge is 0.396 e. The lowest BCUT2D eigenvalue weighted by atomic mass is 10.3. The lowest BCUT2D eigenvalue weighted by Crippen LogP contribution is -2.38. The molecular formula is C11H19N5O3. The summed E-state index contributed by atoms with van der Waals surface area (Å²) in [7, 11) is 0. The molecule has 106 valence electrons. The van der Waals surface area contributed by atoms with Crippen molar-refractivity contribution in [1.82, 2.24) is 25.0 Å². The summed E-state index contributed by atoms with van der Waals surface area (Å²) in [5.41, 5.74) is 0. The van der Waals surface area contributed by atoms with E-state index in [2.05, 4.69) is 20.1 Å². The SMILES string of the molecule is O=C(c1ncn[nH]1)N1CCN(CCCO)C[C@H](O)C1. The van der Waals surface area contributed by atoms with Crippen molar-refractivity contribution in [3.05, 3.63) is 12.2 Å². The van der Waals surface area contributed by atoms with Crippen molar-refractivity contribution in [2.75, 3.05) is 39.3 Å². The minimum absolute atomic E-state index is 0.132. The molecule has 1 saturated heterocycles. The molecule has 0 unspecified atom stereocenters. The number of carbonyl (C=O) groups excluding carboxylic acids is 1. The zero-order chi connectivity index (χ0) is 13.7. The topological polar surface area (TPSA) is 106 Å². The van der Waals surface area contributed by atoms with Crippen LogP contribution in [-0.2, 0) is 0 Å². The number of aliphatic hydroxyl groups excluding tert-OH is 2. The van der Waals surface area contributed by atoms with Crippen molar-refractivity contribution in [2.24, 2.45) is 0 Å². The molecule has 0 aromatic carbocycles. The normalized spacial score (nSPS) is 21.4. The van der Waals surface area contributed by atoms with E-state index in [0.717, 1.165) is 6.54 Å². The van der Waals surface area contributed by atoms with Gasteiger partial charge in [0, 0.05) is 39.3 Å². The van der Waals surface area contributed by atoms with Crippen LogP contribution < -0.4 is 0 Å². The number of β-amino-alcohol motifs (C(OH)–C–C–N with tert-alkyl or cyclic N) is 1. The van der Waals surface area contributed by atoms with E-state index in [1.165, 1.54) is 6.33 Å². The summed E-state index contributed by atoms with van der Waals surface area (Å²) in [6.45, 7) is 2.86. The Labute approximate surface area is 111 Å². The summed E-state index contributed by atoms with van der Waals surface area (Å²) in [4.78, 5) is 19.6. The van der Waals surface area contributed by atoms with Crippen molar-refractivity contribution in [2.45, 2.75) is 12.5 Å². The maximum Gasteiger partial charge on any atom is 0.291 e. The molecule has 0 aliphatic carbocycles. The molecule has 8 heteroatoms. The number of nitrogens with one attached hydrogen (secondary N) is 1. The standard InChI is InChI=1S/C11H19N5O3/c17-5-1-2-15-3-4-16(7-9(18)6-15)11(19)10-12-8-13-14-10/h8-9,17-18H,1-7H2,(H,12,13,14)/t9-/m0/s1. The van der Waals surface area contributed by atoms with Gasteiger partial charge in [-0.1, -0.05) is 0 Å². The van der Waals surface area contributed by atoms with Crippen LogP contribution in [0.4, 0.5) is 0 Å². The zero-order valence-electron chi connectivity index (χ0n) is 10.7. The molecule has 0 spiro atoms. The van der Waals surface area contributed by atoms with Crippen LogP contribution in [0, 0.1) is 0 Å². The predicted octanol–water partition coefficient (Wildman–Crippen LogP) is -1.69. The fourth-order valence-electron chi connectivity index (χ4n) is 2.20. The van der Waals surface area contributed by atoms with Gasteiger partial charge in [0.2, 0.25) is 5.82 Å². The van der Waals surface area contributed by atoms with Gasteiger partial charge in [0.15, 0.2) is 0 Å². The molecule has 0 bridgehead atoms. The van der Waals surface area contributed by atoms with Crippen molar-refractivity contribution in [1.29, 1.82) is 0 Å². The van der Waals surface area contributed by atoms with Crippen LogP contribution in [-0.4, -0.2) is 86.5 Å². The van der Waals surface area contributed by atoms with E-state index in [0.29, 0.717) is 26.1 Å². The van der Waals surface area contributed by atoms with Gasteiger partial charge in [0.05, 0.1) is 6.10 Å². The third-order valence-electron chi connectivity index (χ3n) is 3.12. The molecule has 1 aliphatic heterocycles. The average Bonchev–Trinajstić information content (AvgIpc) is 2.86. The lowest BCUT2D eigenvalue weighted by Gasteiger charge is -2.20. The van der Waals surface area contributed by atoms with E-state index in [1.54, 1.807) is 4.90 Å². The van der Waals surface area contributed by atoms with E-state index in [-0.39, 0.29) is 24.9 Å². The van der Waals surface area contributed by atoms with Crippen LogP contribution in [0.25, 0.3) is 0 Å². The van der Waals surface area contributed by atoms with Crippen LogP contribution in [0.15, 0.2) is 6.33 Å². The Morgan fingerprint density at radius 3 is 3.00 bits per heavy atom. The number of amides is 1. The highest BCUT2D eigenvalue weighted by atomic mass is 16.3. The average molecular weight is 269 g/mol. The second-order valence-electron chi connectivity index (χ2n) is 4.62. The number of aromatic nitrogens is 3. The number of carbonyl (C=O) groups is 1. The molecule has 0 radical (unpaired) electrons. The van der Waals surface area contributed by atoms with Crippen molar-refractivity contribution in [3.8, 4) is 0 Å². The number of hydrogen-bond acceptors (Lipinski definition) is 6. The highest BCUT2D eigenvalue weighted by Crippen LogP contribution is 2.07. The van der Waals surface area contributed by atoms with Crippen LogP contribution in [0.3, 0.4) is 0 Å². The molecule has 19 heavy (non-hydrogen) atoms. The fraction of sp³-hybridized carbons (Fsp3) is 0.727. The van der Waals surface area contributed by atoms with Gasteiger partial charge in [-0.25, -0.2) is 4.98 Å². The molecular weight excluding hydrogens is 250 g/mol. The molecule has 1 atom stereocenters. The molecule has 0 saturated carbocycles. The summed E-state index contributed by atoms with van der Waals surface area (Å²) in [5, 5.41) is 24.9. The number of aliphatic hydroxyl groups is 2. The van der Waals surface area contributed by atoms with E-state index >= 15 is 0 Å². The van der Waals surface area contributed by atoms with Crippen molar-refractivity contribution >= 4 is 5.91 Å². The first-order valence-electron chi connectivity index (χ1n) is 6.36. The number of nitrogens with zero attached hydrogens (tertiary/aromatic N) is 4. The number of rotatable bonds is 4. The molecule has 1 amide bonds. The predicted molar refractivity (Wildman–Crippen MR) is 66.4 cm³/mol. The lowest BCUT2D eigenvalue weighted by molar-refractivity contribution is 0.0652. The molecule has 1 aromatic rings. The quantitative estimate of drug-likeness (QED) is 0.602. The second-order valence-corrected chi connectivity index (χ2v) is 4.62. The smallest absolute Gasteiger partial charge is 0.291 e. The van der Waals surface area contributed by atoms with Gasteiger partial charge in [0.25, 0.3) is 5.91 Å². The third-order valence-corrected chi connectivity index (χ3v) is 3.12. The highest BCUT2D eigenvalue weighted by Gasteiger charge is 2.26. The van der Waals surface area contributed by atoms with Gasteiger partial charge < -0.3 is 15.1 Å². The van der Waals surface area contributed by atoms with Crippen LogP contribution >= 0.6 is 0 Å². The second kappa shape index (κ2) is 6.60. The molecule has 1 aromatic heterocycles. The molecule has 2 heterocycles. The number of hydrogen-bond donors (Lipinski definition) is 3. The van der Waals surface area contributed by atoms with Crippen LogP contribution in [0.5, 0.6) is 0 Å². The minimum Gasteiger partial charge on any atom is -0.396 e. The Kier molecular flexibility index (Phi) is 4.83. The van der Waals surface area contributed by atoms with Gasteiger partial charge in [-0.2, -0.15) is 5.10 Å². The number of H-pyrrole nitrogens is 1. The van der Waals surface area contributed by atoms with Gasteiger partial charge >= 0.3 is 0 Å². The van der Waals surface area contributed by atoms with Gasteiger partial charge in [0.1, 0.15) is 6.33 Å². The third kappa shape index (κ3) is 3.72. The first-order valence-corrected chi connectivity index (χ1v) is 6.36. The highest BCUT2D eigenvalue weighted by molar-refractivity contribution is 5.90. The Bertz CT molecular complexity index is 397. The molecule has 1 fully saturated rings. The minimum atomic E-state index is -0.590. The first kappa shape index (κ1) is 13.9. The fourth-order valence-corrected chi connectivity index (χ4v) is 2.20.